The molecule has 43 atom stereocenters. The van der Waals surface area contributed by atoms with Gasteiger partial charge in [0.15, 0.2) is 5.78 Å². The van der Waals surface area contributed by atoms with Crippen molar-refractivity contribution in [3.05, 3.63) is 69.9 Å². The van der Waals surface area contributed by atoms with Gasteiger partial charge < -0.3 is 66.4 Å². The van der Waals surface area contributed by atoms with Crippen LogP contribution < -0.4 is 0 Å². The lowest BCUT2D eigenvalue weighted by molar-refractivity contribution is -0.136. The summed E-state index contributed by atoms with van der Waals surface area (Å²) in [6.45, 7) is 27.7. The van der Waals surface area contributed by atoms with Crippen LogP contribution in [0.3, 0.4) is 0 Å². The molecule has 0 aliphatic heterocycles. The zero-order chi connectivity index (χ0) is 92.4. The average Bonchev–Trinajstić information content (AvgIpc) is 1.21. The number of rotatable bonds is 0. The third kappa shape index (κ3) is 15.1. The molecule has 0 heterocycles. The molecule has 130 heavy (non-hydrogen) atoms. The predicted octanol–water partition coefficient (Wildman–Crippen LogP) is 18.5. The SMILES string of the molecule is C[C@]12CC[C@H](O)CC1=C[C@@H](O)[C@@H]1[C@@H]2CC[C@]2(C)C(=O)CC[C@@H]12.C[C@]12CC[C@H](O)CC1=C[C@H](O)[C@@H]1[C@@H]2CC[C@]2(C)C(=O)CC[C@@H]12.C[C@]12CC[C@H]3[C@@H](CC=C4C[C@@H](O)CC[C@@]43C)[C@@H]1CC[C@@H]2O.C[C@]12CC[C@H]3[C@@H](CCC4=CC(=O)CC[C@@]43C)[C@@H]1CC[C@@H]2O.C[C@]12CC[C@H]3[C@@H]([C@@H](O)C=C4C[C@@H](O)CC[C@@]43C)[C@@H]1CC[C@@H]2O.C[C@]12CC[C@H]3[C@@H]([C@H](O)C=C4C[C@@H](O)CC[C@@]43C)[C@@H]1CC[C@@H]2O. The Bertz CT molecular complexity index is 4290. The molecule has 18 saturated carbocycles. The summed E-state index contributed by atoms with van der Waals surface area (Å²) in [4.78, 5) is 36.6. The van der Waals surface area contributed by atoms with E-state index >= 15 is 0 Å². The second-order valence-corrected chi connectivity index (χ2v) is 52.7. The molecule has 0 bridgehead atoms. The van der Waals surface area contributed by atoms with Crippen molar-refractivity contribution in [1.29, 1.82) is 0 Å². The standard InChI is InChI=1S/2C19H30O3.2C19H28O3.C19H30O2.C19H28O2/c4*1-18-7-5-12(20)9-11(18)10-15(21)17-13-3-4-16(22)19(13,2)8-6-14(17)18;2*1-18-9-7-13(20)11-12(18)3-4-14-15-5-6-17(21)19(15,2)10-8-16(14)18/h2*10,12-17,20-22H,3-9H2,1-2H3;2*10,12-15,17,20-21H,3-9H2,1-2H3;3,13-17,20-21H,4-11H2,1-2H3;11,14-17,21H,3-10H2,1-2H3/t12-,13-,14-,15+,16-,17-,18-,19-;12-,13-,14-,15-,16-,17-,18-,19-;12-,13-,14-,15+,17-,18-,19-;12-,13-,14-,15-,17-,18-,19-;13-,14-,15-,16-,17-,18-,19-;14-,15-,16-,17-,18-,19-/m000000/s1. The number of aliphatic hydroxyl groups is 13. The van der Waals surface area contributed by atoms with Crippen LogP contribution in [0.25, 0.3) is 0 Å². The van der Waals surface area contributed by atoms with Crippen molar-refractivity contribution in [3.63, 3.8) is 0 Å². The highest BCUT2D eigenvalue weighted by atomic mass is 16.3. The Morgan fingerprint density at radius 1 is 0.231 bits per heavy atom. The van der Waals surface area contributed by atoms with E-state index in [0.717, 1.165) is 242 Å². The van der Waals surface area contributed by atoms with Crippen molar-refractivity contribution in [2.75, 3.05) is 0 Å². The minimum Gasteiger partial charge on any atom is -0.393 e. The molecule has 18 fully saturated rings. The molecule has 13 N–H and O–H groups in total. The Morgan fingerprint density at radius 3 is 0.862 bits per heavy atom. The molecule has 0 unspecified atom stereocenters. The van der Waals surface area contributed by atoms with Gasteiger partial charge in [-0.15, -0.1) is 0 Å². The summed E-state index contributed by atoms with van der Waals surface area (Å²) < 4.78 is 0. The van der Waals surface area contributed by atoms with E-state index in [1.54, 1.807) is 5.57 Å². The predicted molar refractivity (Wildman–Crippen MR) is 505 cm³/mol. The molecule has 24 aliphatic rings. The maximum atomic E-state index is 12.4. The molecule has 0 radical (unpaired) electrons. The lowest BCUT2D eigenvalue weighted by Crippen LogP contribution is -2.55. The molecule has 16 nitrogen and oxygen atoms in total. The highest BCUT2D eigenvalue weighted by Crippen LogP contribution is 2.73. The summed E-state index contributed by atoms with van der Waals surface area (Å²) >= 11 is 0. The lowest BCUT2D eigenvalue weighted by atomic mass is 9.47. The molecule has 24 aliphatic carbocycles. The topological polar surface area (TPSA) is 314 Å². The Kier molecular flexibility index (Phi) is 25.4. The quantitative estimate of drug-likeness (QED) is 0.100. The maximum absolute atomic E-state index is 12.4. The Morgan fingerprint density at radius 2 is 0.500 bits per heavy atom. The van der Waals surface area contributed by atoms with E-state index in [4.69, 9.17) is 0 Å². The van der Waals surface area contributed by atoms with Crippen molar-refractivity contribution in [2.45, 2.75) is 445 Å². The van der Waals surface area contributed by atoms with Crippen molar-refractivity contribution >= 4 is 17.3 Å². The molecule has 0 amide bonds. The Hall–Kier alpha value is -3.07. The number of aliphatic hydroxyl groups excluding tert-OH is 13. The van der Waals surface area contributed by atoms with Crippen molar-refractivity contribution in [2.24, 2.45) is 172 Å². The zero-order valence-corrected chi connectivity index (χ0v) is 82.0. The van der Waals surface area contributed by atoms with Crippen LogP contribution in [0.1, 0.15) is 366 Å². The molecule has 16 heteroatoms. The first-order valence-corrected chi connectivity index (χ1v) is 54.0. The number of allylic oxidation sites excluding steroid dienone is 2. The number of Topliss-reactive ketones (excluding diaryl/α,β-unsaturated/α-hetero) is 2. The van der Waals surface area contributed by atoms with Crippen LogP contribution in [0.5, 0.6) is 0 Å². The van der Waals surface area contributed by atoms with E-state index in [2.05, 4.69) is 101 Å². The van der Waals surface area contributed by atoms with E-state index < -0.39 is 24.4 Å². The first kappa shape index (κ1) is 95.8. The van der Waals surface area contributed by atoms with Crippen molar-refractivity contribution in [1.82, 2.24) is 0 Å². The van der Waals surface area contributed by atoms with Gasteiger partial charge in [0.25, 0.3) is 0 Å². The van der Waals surface area contributed by atoms with Gasteiger partial charge in [-0.1, -0.05) is 147 Å². The fourth-order valence-corrected chi connectivity index (χ4v) is 39.2. The third-order valence-electron chi connectivity index (χ3n) is 47.7. The monoisotopic (exact) mass is 1800 g/mol. The summed E-state index contributed by atoms with van der Waals surface area (Å²) in [6, 6.07) is 0. The summed E-state index contributed by atoms with van der Waals surface area (Å²) in [7, 11) is 0. The molecule has 24 rings (SSSR count). The summed E-state index contributed by atoms with van der Waals surface area (Å²) in [6.07, 6.45) is 53.3. The minimum atomic E-state index is -0.436. The fraction of sp³-hybridized carbons (Fsp3) is 0.868. The molecule has 0 saturated heterocycles. The zero-order valence-electron chi connectivity index (χ0n) is 82.0. The first-order chi connectivity index (χ1) is 61.3. The van der Waals surface area contributed by atoms with Crippen molar-refractivity contribution < 1.29 is 80.8 Å². The van der Waals surface area contributed by atoms with Crippen LogP contribution in [0.4, 0.5) is 0 Å². The van der Waals surface area contributed by atoms with Gasteiger partial charge in [-0.3, -0.25) is 14.4 Å². The van der Waals surface area contributed by atoms with Gasteiger partial charge >= 0.3 is 0 Å². The van der Waals surface area contributed by atoms with E-state index in [-0.39, 0.29) is 126 Å². The van der Waals surface area contributed by atoms with Gasteiger partial charge in [0.2, 0.25) is 0 Å². The fourth-order valence-electron chi connectivity index (χ4n) is 39.2. The van der Waals surface area contributed by atoms with E-state index in [1.807, 2.05) is 18.2 Å². The number of carbonyl (C=O) groups is 3. The van der Waals surface area contributed by atoms with Gasteiger partial charge in [0, 0.05) is 30.1 Å². The highest BCUT2D eigenvalue weighted by molar-refractivity contribution is 5.91. The normalized spacial score (nSPS) is 55.5. The summed E-state index contributed by atoms with van der Waals surface area (Å²) in [5, 5.41) is 135. The molecule has 0 aromatic carbocycles. The van der Waals surface area contributed by atoms with Gasteiger partial charge in [-0.05, 0) is 430 Å². The van der Waals surface area contributed by atoms with Crippen LogP contribution in [-0.2, 0) is 14.4 Å². The lowest BCUT2D eigenvalue weighted by Gasteiger charge is -2.58. The second-order valence-electron chi connectivity index (χ2n) is 52.7. The average molecular weight is 1800 g/mol. The summed E-state index contributed by atoms with van der Waals surface area (Å²) in [5.74, 6) is 10.3. The Labute approximate surface area is 780 Å². The van der Waals surface area contributed by atoms with E-state index in [9.17, 15) is 80.8 Å². The molecule has 0 spiro atoms. The van der Waals surface area contributed by atoms with Gasteiger partial charge in [0.05, 0.1) is 79.4 Å². The molecular weight excluding hydrogens is 1630 g/mol. The van der Waals surface area contributed by atoms with E-state index in [0.29, 0.717) is 107 Å². The van der Waals surface area contributed by atoms with Gasteiger partial charge in [-0.2, -0.15) is 0 Å². The number of carbonyl (C=O) groups excluding carboxylic acids is 3. The molecule has 0 aromatic heterocycles. The van der Waals surface area contributed by atoms with Gasteiger partial charge in [-0.25, -0.2) is 0 Å². The molecular formula is C114H174O16. The maximum Gasteiger partial charge on any atom is 0.155 e. The third-order valence-corrected chi connectivity index (χ3v) is 47.7. The first-order valence-electron chi connectivity index (χ1n) is 54.0. The van der Waals surface area contributed by atoms with Gasteiger partial charge in [0.1, 0.15) is 11.6 Å². The van der Waals surface area contributed by atoms with Crippen LogP contribution in [-0.4, -0.2) is 163 Å². The van der Waals surface area contributed by atoms with Crippen LogP contribution in [0.15, 0.2) is 69.9 Å². The minimum absolute atomic E-state index is 0.00195. The Balaban J connectivity index is 0.000000101. The van der Waals surface area contributed by atoms with Crippen LogP contribution in [0.2, 0.25) is 0 Å². The largest absolute Gasteiger partial charge is 0.393 e. The van der Waals surface area contributed by atoms with Crippen LogP contribution in [0, 0.1) is 172 Å². The number of hydrogen-bond acceptors (Lipinski definition) is 16. The van der Waals surface area contributed by atoms with E-state index in [1.165, 1.54) is 79.2 Å². The number of ketones is 3. The summed E-state index contributed by atoms with van der Waals surface area (Å²) in [5.41, 5.74) is 9.22. The highest BCUT2D eigenvalue weighted by Gasteiger charge is 2.68. The smallest absolute Gasteiger partial charge is 0.155 e. The second kappa shape index (κ2) is 34.4. The van der Waals surface area contributed by atoms with Crippen LogP contribution >= 0.6 is 0 Å². The number of fused-ring (bicyclic) bond motifs is 30. The molecule has 0 aromatic rings. The number of hydrogen-bond donors (Lipinski definition) is 13. The molecule has 726 valence electrons. The van der Waals surface area contributed by atoms with Crippen molar-refractivity contribution in [3.8, 4) is 0 Å².